The van der Waals surface area contributed by atoms with Gasteiger partial charge in [0, 0.05) is 18.6 Å². The van der Waals surface area contributed by atoms with Crippen LogP contribution in [0.2, 0.25) is 0 Å². The van der Waals surface area contributed by atoms with E-state index in [1.165, 1.54) is 18.4 Å². The molecule has 1 fully saturated rings. The van der Waals surface area contributed by atoms with E-state index in [-0.39, 0.29) is 6.04 Å². The molecule has 0 aliphatic heterocycles. The van der Waals surface area contributed by atoms with E-state index in [0.717, 1.165) is 11.5 Å². The number of hydrogen-bond donors (Lipinski definition) is 1. The van der Waals surface area contributed by atoms with Gasteiger partial charge in [0.05, 0.1) is 14.2 Å². The molecule has 0 saturated heterocycles. The minimum absolute atomic E-state index is 0.248. The van der Waals surface area contributed by atoms with E-state index in [0.29, 0.717) is 12.6 Å². The van der Waals surface area contributed by atoms with E-state index in [1.807, 2.05) is 12.1 Å². The summed E-state index contributed by atoms with van der Waals surface area (Å²) in [5.41, 5.74) is 7.10. The topological polar surface area (TPSA) is 47.7 Å². The van der Waals surface area contributed by atoms with Gasteiger partial charge in [0.2, 0.25) is 0 Å². The Bertz CT molecular complexity index is 405. The average Bonchev–Trinajstić information content (AvgIpc) is 3.23. The Labute approximate surface area is 109 Å². The van der Waals surface area contributed by atoms with Crippen LogP contribution in [0.1, 0.15) is 24.4 Å². The Balaban J connectivity index is 2.24. The van der Waals surface area contributed by atoms with Gasteiger partial charge in [0.25, 0.3) is 0 Å². The van der Waals surface area contributed by atoms with Gasteiger partial charge in [0.15, 0.2) is 11.5 Å². The minimum atomic E-state index is 0.248. The van der Waals surface area contributed by atoms with Gasteiger partial charge in [-0.3, -0.25) is 4.90 Å². The number of rotatable bonds is 6. The predicted octanol–water partition coefficient (Wildman–Crippen LogP) is 1.80. The quantitative estimate of drug-likeness (QED) is 0.836. The highest BCUT2D eigenvalue weighted by molar-refractivity contribution is 5.44. The van der Waals surface area contributed by atoms with Crippen LogP contribution in [0.25, 0.3) is 0 Å². The molecule has 1 saturated carbocycles. The Kier molecular flexibility index (Phi) is 4.09. The first-order valence-electron chi connectivity index (χ1n) is 6.35. The lowest BCUT2D eigenvalue weighted by Gasteiger charge is -2.27. The van der Waals surface area contributed by atoms with Gasteiger partial charge in [-0.05, 0) is 37.6 Å². The molecule has 1 unspecified atom stereocenters. The van der Waals surface area contributed by atoms with Gasteiger partial charge in [-0.2, -0.15) is 0 Å². The largest absolute Gasteiger partial charge is 0.493 e. The summed E-state index contributed by atoms with van der Waals surface area (Å²) in [4.78, 5) is 2.36. The molecule has 18 heavy (non-hydrogen) atoms. The molecular formula is C14H22N2O2. The molecule has 0 spiro atoms. The molecule has 1 aliphatic rings. The Morgan fingerprint density at radius 2 is 1.94 bits per heavy atom. The second-order valence-corrected chi connectivity index (χ2v) is 4.76. The molecular weight excluding hydrogens is 228 g/mol. The molecule has 0 amide bonds. The molecule has 100 valence electrons. The first-order valence-corrected chi connectivity index (χ1v) is 6.35. The van der Waals surface area contributed by atoms with Crippen molar-refractivity contribution in [2.45, 2.75) is 24.9 Å². The van der Waals surface area contributed by atoms with Crippen LogP contribution in [-0.2, 0) is 0 Å². The van der Waals surface area contributed by atoms with Gasteiger partial charge in [-0.25, -0.2) is 0 Å². The second-order valence-electron chi connectivity index (χ2n) is 4.76. The van der Waals surface area contributed by atoms with Crippen molar-refractivity contribution in [2.75, 3.05) is 27.8 Å². The standard InChI is InChI=1S/C14H22N2O2/c1-16(11-5-6-11)12(9-15)10-4-7-13(17-2)14(8-10)18-3/h4,7-8,11-12H,5-6,9,15H2,1-3H3. The minimum Gasteiger partial charge on any atom is -0.493 e. The zero-order valence-corrected chi connectivity index (χ0v) is 11.3. The van der Waals surface area contributed by atoms with Crippen LogP contribution in [0.3, 0.4) is 0 Å². The van der Waals surface area contributed by atoms with Crippen LogP contribution in [0.5, 0.6) is 11.5 Å². The molecule has 1 aliphatic carbocycles. The SMILES string of the molecule is COc1ccc(C(CN)N(C)C2CC2)cc1OC. The van der Waals surface area contributed by atoms with Crippen molar-refractivity contribution in [2.24, 2.45) is 5.73 Å². The van der Waals surface area contributed by atoms with Crippen molar-refractivity contribution in [3.63, 3.8) is 0 Å². The number of ether oxygens (including phenoxy) is 2. The first-order chi connectivity index (χ1) is 8.71. The van der Waals surface area contributed by atoms with E-state index in [9.17, 15) is 0 Å². The predicted molar refractivity (Wildman–Crippen MR) is 72.1 cm³/mol. The number of hydrogen-bond acceptors (Lipinski definition) is 4. The maximum Gasteiger partial charge on any atom is 0.161 e. The second kappa shape index (κ2) is 5.59. The van der Waals surface area contributed by atoms with Crippen molar-refractivity contribution in [3.8, 4) is 11.5 Å². The summed E-state index contributed by atoms with van der Waals surface area (Å²) >= 11 is 0. The van der Waals surface area contributed by atoms with E-state index in [4.69, 9.17) is 15.2 Å². The molecule has 2 rings (SSSR count). The lowest BCUT2D eigenvalue weighted by Crippen LogP contribution is -2.32. The normalized spacial score (nSPS) is 16.7. The molecule has 1 atom stereocenters. The molecule has 0 aromatic heterocycles. The third-order valence-electron chi connectivity index (χ3n) is 3.63. The number of nitrogens with two attached hydrogens (primary N) is 1. The van der Waals surface area contributed by atoms with Crippen molar-refractivity contribution in [1.29, 1.82) is 0 Å². The third kappa shape index (κ3) is 2.60. The Morgan fingerprint density at radius 3 is 2.44 bits per heavy atom. The van der Waals surface area contributed by atoms with Crippen molar-refractivity contribution in [1.82, 2.24) is 4.90 Å². The van der Waals surface area contributed by atoms with Crippen LogP contribution >= 0.6 is 0 Å². The zero-order valence-electron chi connectivity index (χ0n) is 11.3. The van der Waals surface area contributed by atoms with Crippen LogP contribution in [0.4, 0.5) is 0 Å². The summed E-state index contributed by atoms with van der Waals surface area (Å²) < 4.78 is 10.6. The Morgan fingerprint density at radius 1 is 1.28 bits per heavy atom. The van der Waals surface area contributed by atoms with Gasteiger partial charge in [-0.15, -0.1) is 0 Å². The summed E-state index contributed by atoms with van der Waals surface area (Å²) in [7, 11) is 5.45. The molecule has 2 N–H and O–H groups in total. The number of nitrogens with zero attached hydrogens (tertiary/aromatic N) is 1. The van der Waals surface area contributed by atoms with E-state index >= 15 is 0 Å². The van der Waals surface area contributed by atoms with E-state index in [2.05, 4.69) is 18.0 Å². The van der Waals surface area contributed by atoms with Crippen LogP contribution in [-0.4, -0.2) is 38.8 Å². The van der Waals surface area contributed by atoms with Crippen molar-refractivity contribution >= 4 is 0 Å². The fourth-order valence-electron chi connectivity index (χ4n) is 2.33. The molecule has 0 bridgehead atoms. The molecule has 0 radical (unpaired) electrons. The van der Waals surface area contributed by atoms with Crippen LogP contribution in [0.15, 0.2) is 18.2 Å². The Hall–Kier alpha value is -1.26. The fourth-order valence-corrected chi connectivity index (χ4v) is 2.33. The number of methoxy groups -OCH3 is 2. The molecule has 4 nitrogen and oxygen atoms in total. The summed E-state index contributed by atoms with van der Waals surface area (Å²) in [6.45, 7) is 0.614. The van der Waals surface area contributed by atoms with E-state index < -0.39 is 0 Å². The number of likely N-dealkylation sites (N-methyl/N-ethyl adjacent to an activating group) is 1. The molecule has 1 aromatic carbocycles. The smallest absolute Gasteiger partial charge is 0.161 e. The van der Waals surface area contributed by atoms with Gasteiger partial charge in [-0.1, -0.05) is 6.07 Å². The summed E-state index contributed by atoms with van der Waals surface area (Å²) in [5, 5.41) is 0. The summed E-state index contributed by atoms with van der Waals surface area (Å²) in [6.07, 6.45) is 2.56. The lowest BCUT2D eigenvalue weighted by molar-refractivity contribution is 0.239. The van der Waals surface area contributed by atoms with Gasteiger partial charge < -0.3 is 15.2 Å². The highest BCUT2D eigenvalue weighted by Crippen LogP contribution is 2.35. The zero-order chi connectivity index (χ0) is 13.1. The van der Waals surface area contributed by atoms with Gasteiger partial charge in [0.1, 0.15) is 0 Å². The van der Waals surface area contributed by atoms with Gasteiger partial charge >= 0.3 is 0 Å². The van der Waals surface area contributed by atoms with Crippen LogP contribution < -0.4 is 15.2 Å². The monoisotopic (exact) mass is 250 g/mol. The molecule has 1 aromatic rings. The van der Waals surface area contributed by atoms with Crippen molar-refractivity contribution < 1.29 is 9.47 Å². The summed E-state index contributed by atoms with van der Waals surface area (Å²) in [5.74, 6) is 1.52. The van der Waals surface area contributed by atoms with Crippen molar-refractivity contribution in [3.05, 3.63) is 23.8 Å². The number of benzene rings is 1. The molecule has 0 heterocycles. The maximum atomic E-state index is 5.92. The highest BCUT2D eigenvalue weighted by atomic mass is 16.5. The van der Waals surface area contributed by atoms with Crippen LogP contribution in [0, 0.1) is 0 Å². The maximum absolute atomic E-state index is 5.92. The van der Waals surface area contributed by atoms with E-state index in [1.54, 1.807) is 14.2 Å². The molecule has 4 heteroatoms. The third-order valence-corrected chi connectivity index (χ3v) is 3.63. The highest BCUT2D eigenvalue weighted by Gasteiger charge is 2.31. The lowest BCUT2D eigenvalue weighted by atomic mass is 10.0. The first kappa shape index (κ1) is 13.2. The summed E-state index contributed by atoms with van der Waals surface area (Å²) in [6, 6.07) is 6.97. The fraction of sp³-hybridized carbons (Fsp3) is 0.571. The average molecular weight is 250 g/mol.